The van der Waals surface area contributed by atoms with Crippen LogP contribution in [-0.2, 0) is 11.2 Å². The minimum atomic E-state index is -0.249. The molecule has 1 aromatic rings. The summed E-state index contributed by atoms with van der Waals surface area (Å²) in [5, 5.41) is 0. The van der Waals surface area contributed by atoms with Crippen molar-refractivity contribution in [3.8, 4) is 0 Å². The van der Waals surface area contributed by atoms with Gasteiger partial charge >= 0.3 is 0 Å². The maximum Gasteiger partial charge on any atom is 0.217 e. The van der Waals surface area contributed by atoms with Crippen molar-refractivity contribution in [2.75, 3.05) is 0 Å². The van der Waals surface area contributed by atoms with Crippen molar-refractivity contribution in [3.63, 3.8) is 0 Å². The average molecular weight is 248 g/mol. The lowest BCUT2D eigenvalue weighted by molar-refractivity contribution is -0.117. The SMILES string of the molecule is Cl.Cl.Cl.NC(=O)CCc1cc[nH]c1. The molecule has 0 aliphatic rings. The van der Waals surface area contributed by atoms with Gasteiger partial charge in [0.1, 0.15) is 0 Å². The lowest BCUT2D eigenvalue weighted by atomic mass is 10.2. The van der Waals surface area contributed by atoms with Crippen LogP contribution in [0.1, 0.15) is 12.0 Å². The Morgan fingerprint density at radius 3 is 2.38 bits per heavy atom. The predicted octanol–water partition coefficient (Wildman–Crippen LogP) is 1.70. The minimum absolute atomic E-state index is 0. The summed E-state index contributed by atoms with van der Waals surface area (Å²) in [4.78, 5) is 13.2. The van der Waals surface area contributed by atoms with E-state index >= 15 is 0 Å². The summed E-state index contributed by atoms with van der Waals surface area (Å²) < 4.78 is 0. The number of amides is 1. The number of carbonyl (C=O) groups is 1. The molecule has 6 heteroatoms. The number of primary amides is 1. The van der Waals surface area contributed by atoms with Crippen LogP contribution in [0, 0.1) is 0 Å². The lowest BCUT2D eigenvalue weighted by Gasteiger charge is -1.90. The molecule has 0 atom stereocenters. The molecular weight excluding hydrogens is 234 g/mol. The van der Waals surface area contributed by atoms with E-state index in [-0.39, 0.29) is 43.1 Å². The fourth-order valence-electron chi connectivity index (χ4n) is 0.781. The Morgan fingerprint density at radius 2 is 2.00 bits per heavy atom. The number of hydrogen-bond donors (Lipinski definition) is 2. The molecule has 3 N–H and O–H groups in total. The first-order valence-corrected chi connectivity index (χ1v) is 3.19. The summed E-state index contributed by atoms with van der Waals surface area (Å²) in [6.07, 6.45) is 4.86. The number of hydrogen-bond acceptors (Lipinski definition) is 1. The first-order chi connectivity index (χ1) is 4.79. The van der Waals surface area contributed by atoms with Gasteiger partial charge in [-0.15, -0.1) is 37.2 Å². The molecule has 1 amide bonds. The van der Waals surface area contributed by atoms with Gasteiger partial charge in [0.05, 0.1) is 0 Å². The second kappa shape index (κ2) is 9.71. The van der Waals surface area contributed by atoms with Crippen molar-refractivity contribution in [2.45, 2.75) is 12.8 Å². The number of aromatic amines is 1. The molecule has 1 rings (SSSR count). The monoisotopic (exact) mass is 246 g/mol. The van der Waals surface area contributed by atoms with E-state index in [4.69, 9.17) is 5.73 Å². The number of aryl methyl sites for hydroxylation is 1. The van der Waals surface area contributed by atoms with Crippen molar-refractivity contribution in [1.82, 2.24) is 4.98 Å². The van der Waals surface area contributed by atoms with Gasteiger partial charge in [0.15, 0.2) is 0 Å². The van der Waals surface area contributed by atoms with Gasteiger partial charge < -0.3 is 10.7 Å². The van der Waals surface area contributed by atoms with Crippen molar-refractivity contribution in [1.29, 1.82) is 0 Å². The van der Waals surface area contributed by atoms with Gasteiger partial charge in [0.2, 0.25) is 5.91 Å². The Kier molecular flexibility index (Phi) is 13.7. The normalized spacial score (nSPS) is 7.38. The van der Waals surface area contributed by atoms with Crippen LogP contribution >= 0.6 is 37.2 Å². The van der Waals surface area contributed by atoms with Crippen LogP contribution in [0.5, 0.6) is 0 Å². The molecule has 0 aliphatic heterocycles. The van der Waals surface area contributed by atoms with E-state index in [0.717, 1.165) is 12.0 Å². The molecule has 0 saturated heterocycles. The summed E-state index contributed by atoms with van der Waals surface area (Å²) in [6, 6.07) is 1.93. The quantitative estimate of drug-likeness (QED) is 0.839. The van der Waals surface area contributed by atoms with Gasteiger partial charge in [-0.25, -0.2) is 0 Å². The number of aromatic nitrogens is 1. The topological polar surface area (TPSA) is 58.9 Å². The number of H-pyrrole nitrogens is 1. The molecule has 0 radical (unpaired) electrons. The third kappa shape index (κ3) is 7.96. The van der Waals surface area contributed by atoms with Crippen LogP contribution in [0.4, 0.5) is 0 Å². The molecule has 0 aliphatic carbocycles. The summed E-state index contributed by atoms with van der Waals surface area (Å²) in [5.74, 6) is -0.249. The predicted molar refractivity (Wildman–Crippen MR) is 60.1 cm³/mol. The van der Waals surface area contributed by atoms with Crippen LogP contribution in [-0.4, -0.2) is 10.9 Å². The molecule has 13 heavy (non-hydrogen) atoms. The van der Waals surface area contributed by atoms with Crippen LogP contribution in [0.15, 0.2) is 18.5 Å². The maximum absolute atomic E-state index is 10.3. The number of nitrogens with two attached hydrogens (primary N) is 1. The standard InChI is InChI=1S/C7H10N2O.3ClH/c8-7(10)2-1-6-3-4-9-5-6;;;/h3-5,9H,1-2H2,(H2,8,10);3*1H. The van der Waals surface area contributed by atoms with E-state index in [2.05, 4.69) is 4.98 Å². The molecule has 0 saturated carbocycles. The minimum Gasteiger partial charge on any atom is -0.370 e. The molecule has 1 heterocycles. The second-order valence-electron chi connectivity index (χ2n) is 2.19. The van der Waals surface area contributed by atoms with Crippen LogP contribution in [0.25, 0.3) is 0 Å². The highest BCUT2D eigenvalue weighted by molar-refractivity contribution is 5.86. The van der Waals surface area contributed by atoms with Crippen LogP contribution in [0.3, 0.4) is 0 Å². The zero-order valence-corrected chi connectivity index (χ0v) is 9.31. The third-order valence-corrected chi connectivity index (χ3v) is 1.32. The van der Waals surface area contributed by atoms with Crippen LogP contribution in [0.2, 0.25) is 0 Å². The lowest BCUT2D eigenvalue weighted by Crippen LogP contribution is -2.10. The molecule has 0 bridgehead atoms. The van der Waals surface area contributed by atoms with Gasteiger partial charge in [0, 0.05) is 18.8 Å². The highest BCUT2D eigenvalue weighted by atomic mass is 35.5. The number of rotatable bonds is 3. The molecule has 78 valence electrons. The molecule has 0 aromatic carbocycles. The summed E-state index contributed by atoms with van der Waals surface area (Å²) in [5.41, 5.74) is 6.08. The van der Waals surface area contributed by atoms with E-state index in [1.54, 1.807) is 0 Å². The number of nitrogens with one attached hydrogen (secondary N) is 1. The van der Waals surface area contributed by atoms with Gasteiger partial charge in [-0.1, -0.05) is 0 Å². The van der Waals surface area contributed by atoms with E-state index in [0.29, 0.717) is 6.42 Å². The van der Waals surface area contributed by atoms with E-state index in [1.807, 2.05) is 18.5 Å². The summed E-state index contributed by atoms with van der Waals surface area (Å²) in [7, 11) is 0. The fourth-order valence-corrected chi connectivity index (χ4v) is 0.781. The Balaban J connectivity index is -0.000000333. The summed E-state index contributed by atoms with van der Waals surface area (Å²) >= 11 is 0. The largest absolute Gasteiger partial charge is 0.370 e. The van der Waals surface area contributed by atoms with Crippen molar-refractivity contribution in [2.24, 2.45) is 5.73 Å². The Hall–Kier alpha value is -0.380. The Labute approximate surface area is 95.7 Å². The number of carbonyl (C=O) groups excluding carboxylic acids is 1. The van der Waals surface area contributed by atoms with E-state index < -0.39 is 0 Å². The first kappa shape index (κ1) is 18.4. The zero-order chi connectivity index (χ0) is 7.40. The Morgan fingerprint density at radius 1 is 1.38 bits per heavy atom. The summed E-state index contributed by atoms with van der Waals surface area (Å²) in [6.45, 7) is 0. The van der Waals surface area contributed by atoms with Crippen molar-refractivity contribution in [3.05, 3.63) is 24.0 Å². The highest BCUT2D eigenvalue weighted by Gasteiger charge is 1.95. The van der Waals surface area contributed by atoms with Crippen molar-refractivity contribution >= 4 is 43.1 Å². The van der Waals surface area contributed by atoms with E-state index in [9.17, 15) is 4.79 Å². The molecule has 1 aromatic heterocycles. The van der Waals surface area contributed by atoms with Gasteiger partial charge in [-0.2, -0.15) is 0 Å². The molecule has 0 fully saturated rings. The fraction of sp³-hybridized carbons (Fsp3) is 0.286. The highest BCUT2D eigenvalue weighted by Crippen LogP contribution is 1.99. The average Bonchev–Trinajstić information content (AvgIpc) is 2.34. The van der Waals surface area contributed by atoms with Crippen molar-refractivity contribution < 1.29 is 4.79 Å². The zero-order valence-electron chi connectivity index (χ0n) is 6.86. The van der Waals surface area contributed by atoms with Gasteiger partial charge in [0.25, 0.3) is 0 Å². The maximum atomic E-state index is 10.3. The van der Waals surface area contributed by atoms with Gasteiger partial charge in [-0.05, 0) is 18.1 Å². The Bertz CT molecular complexity index is 214. The molecular formula is C7H13Cl3N2O. The third-order valence-electron chi connectivity index (χ3n) is 1.32. The van der Waals surface area contributed by atoms with Gasteiger partial charge in [-0.3, -0.25) is 4.79 Å². The molecule has 0 unspecified atom stereocenters. The first-order valence-electron chi connectivity index (χ1n) is 3.19. The molecule has 0 spiro atoms. The molecule has 3 nitrogen and oxygen atoms in total. The number of halogens is 3. The van der Waals surface area contributed by atoms with E-state index in [1.165, 1.54) is 0 Å². The second-order valence-corrected chi connectivity index (χ2v) is 2.19. The van der Waals surface area contributed by atoms with Crippen LogP contribution < -0.4 is 5.73 Å². The smallest absolute Gasteiger partial charge is 0.217 e.